The summed E-state index contributed by atoms with van der Waals surface area (Å²) in [6.45, 7) is 0.177. The van der Waals surface area contributed by atoms with Crippen molar-refractivity contribution >= 4 is 40.0 Å². The lowest BCUT2D eigenvalue weighted by molar-refractivity contribution is 0.174. The zero-order valence-electron chi connectivity index (χ0n) is 15.0. The number of carbonyl (C=O) groups excluding carboxylic acids is 1. The van der Waals surface area contributed by atoms with Gasteiger partial charge in [-0.2, -0.15) is 5.10 Å². The van der Waals surface area contributed by atoms with E-state index < -0.39 is 6.03 Å². The van der Waals surface area contributed by atoms with Crippen LogP contribution in [0.2, 0.25) is 5.02 Å². The summed E-state index contributed by atoms with van der Waals surface area (Å²) in [5.74, 6) is 1.65. The maximum atomic E-state index is 12.5. The standard InChI is InChI=1S/C21H15ClN4O3/c22-16-10-17-15(9-14(16)12-4-2-1-3-5-12)20(26-25-17)24-21(27)23-13-6-7-18-19(8-13)29-11-28-18/h1-10H,11H2,(H3,23,24,25,26,27). The number of anilines is 2. The number of fused-ring (bicyclic) bond motifs is 2. The number of rotatable bonds is 3. The minimum Gasteiger partial charge on any atom is -0.454 e. The van der Waals surface area contributed by atoms with Crippen LogP contribution in [0.4, 0.5) is 16.3 Å². The highest BCUT2D eigenvalue weighted by atomic mass is 35.5. The number of nitrogens with one attached hydrogen (secondary N) is 3. The Kier molecular flexibility index (Phi) is 4.22. The first-order valence-corrected chi connectivity index (χ1v) is 9.26. The minimum atomic E-state index is -0.423. The van der Waals surface area contributed by atoms with E-state index in [4.69, 9.17) is 21.1 Å². The van der Waals surface area contributed by atoms with Crippen molar-refractivity contribution in [1.82, 2.24) is 10.2 Å². The number of ether oxygens (including phenoxy) is 2. The van der Waals surface area contributed by atoms with Gasteiger partial charge in [-0.25, -0.2) is 4.79 Å². The monoisotopic (exact) mass is 406 g/mol. The number of amides is 2. The van der Waals surface area contributed by atoms with E-state index in [0.29, 0.717) is 28.0 Å². The van der Waals surface area contributed by atoms with E-state index in [9.17, 15) is 4.79 Å². The van der Waals surface area contributed by atoms with Crippen molar-refractivity contribution in [1.29, 1.82) is 0 Å². The van der Waals surface area contributed by atoms with Crippen LogP contribution in [-0.2, 0) is 0 Å². The Morgan fingerprint density at radius 2 is 1.83 bits per heavy atom. The van der Waals surface area contributed by atoms with Crippen LogP contribution in [0, 0.1) is 0 Å². The van der Waals surface area contributed by atoms with Gasteiger partial charge in [0.1, 0.15) is 0 Å². The van der Waals surface area contributed by atoms with Gasteiger partial charge in [-0.3, -0.25) is 10.4 Å². The SMILES string of the molecule is O=C(Nc1ccc2c(c1)OCO2)Nc1n[nH]c2cc(Cl)c(-c3ccccc3)cc12. The highest BCUT2D eigenvalue weighted by Crippen LogP contribution is 2.35. The summed E-state index contributed by atoms with van der Waals surface area (Å²) in [5, 5.41) is 14.0. The van der Waals surface area contributed by atoms with Gasteiger partial charge in [0, 0.05) is 22.7 Å². The smallest absolute Gasteiger partial charge is 0.324 e. The summed E-state index contributed by atoms with van der Waals surface area (Å²) in [7, 11) is 0. The molecule has 0 spiro atoms. The first-order valence-electron chi connectivity index (χ1n) is 8.88. The second-order valence-electron chi connectivity index (χ2n) is 6.46. The number of hydrogen-bond acceptors (Lipinski definition) is 4. The molecule has 0 saturated carbocycles. The first kappa shape index (κ1) is 17.4. The van der Waals surface area contributed by atoms with Crippen LogP contribution in [0.15, 0.2) is 60.7 Å². The van der Waals surface area contributed by atoms with Crippen molar-refractivity contribution in [3.05, 3.63) is 65.7 Å². The molecule has 3 N–H and O–H groups in total. The maximum Gasteiger partial charge on any atom is 0.324 e. The van der Waals surface area contributed by atoms with Crippen LogP contribution in [0.5, 0.6) is 11.5 Å². The zero-order valence-corrected chi connectivity index (χ0v) is 15.8. The first-order chi connectivity index (χ1) is 14.2. The molecular weight excluding hydrogens is 392 g/mol. The number of aromatic nitrogens is 2. The third-order valence-corrected chi connectivity index (χ3v) is 4.91. The molecule has 0 atom stereocenters. The number of H-pyrrole nitrogens is 1. The van der Waals surface area contributed by atoms with Gasteiger partial charge >= 0.3 is 6.03 Å². The summed E-state index contributed by atoms with van der Waals surface area (Å²) in [6, 6.07) is 18.3. The molecule has 0 aliphatic carbocycles. The largest absolute Gasteiger partial charge is 0.454 e. The molecule has 0 saturated heterocycles. The van der Waals surface area contributed by atoms with Crippen LogP contribution in [0.25, 0.3) is 22.0 Å². The number of halogens is 1. The minimum absolute atomic E-state index is 0.177. The number of aromatic amines is 1. The maximum absolute atomic E-state index is 12.5. The Hall–Kier alpha value is -3.71. The van der Waals surface area contributed by atoms with E-state index in [-0.39, 0.29) is 6.79 Å². The van der Waals surface area contributed by atoms with E-state index in [2.05, 4.69) is 20.8 Å². The second-order valence-corrected chi connectivity index (χ2v) is 6.87. The third kappa shape index (κ3) is 3.32. The molecule has 2 amide bonds. The Morgan fingerprint density at radius 1 is 1.00 bits per heavy atom. The molecule has 0 radical (unpaired) electrons. The highest BCUT2D eigenvalue weighted by molar-refractivity contribution is 6.34. The molecule has 4 aromatic rings. The summed E-state index contributed by atoms with van der Waals surface area (Å²) >= 11 is 6.44. The van der Waals surface area contributed by atoms with E-state index in [1.807, 2.05) is 36.4 Å². The molecule has 0 fully saturated rings. The number of benzene rings is 3. The van der Waals surface area contributed by atoms with Gasteiger partial charge in [0.25, 0.3) is 0 Å². The molecule has 3 aromatic carbocycles. The lowest BCUT2D eigenvalue weighted by Crippen LogP contribution is -2.19. The van der Waals surface area contributed by atoms with Crippen LogP contribution in [0.1, 0.15) is 0 Å². The summed E-state index contributed by atoms with van der Waals surface area (Å²) in [5.41, 5.74) is 3.16. The summed E-state index contributed by atoms with van der Waals surface area (Å²) < 4.78 is 10.6. The van der Waals surface area contributed by atoms with E-state index in [1.165, 1.54) is 0 Å². The fraction of sp³-hybridized carbons (Fsp3) is 0.0476. The van der Waals surface area contributed by atoms with E-state index in [0.717, 1.165) is 22.0 Å². The van der Waals surface area contributed by atoms with Gasteiger partial charge in [0.2, 0.25) is 6.79 Å². The number of urea groups is 1. The molecule has 8 heteroatoms. The molecule has 0 unspecified atom stereocenters. The van der Waals surface area contributed by atoms with Crippen molar-refractivity contribution in [2.24, 2.45) is 0 Å². The van der Waals surface area contributed by atoms with Crippen molar-refractivity contribution in [3.63, 3.8) is 0 Å². The predicted molar refractivity (Wildman–Crippen MR) is 112 cm³/mol. The third-order valence-electron chi connectivity index (χ3n) is 4.60. The predicted octanol–water partition coefficient (Wildman–Crippen LogP) is 5.26. The average molecular weight is 407 g/mol. The second kappa shape index (κ2) is 7.03. The molecule has 0 bridgehead atoms. The molecule has 144 valence electrons. The van der Waals surface area contributed by atoms with Gasteiger partial charge < -0.3 is 14.8 Å². The Labute approximate surface area is 170 Å². The zero-order chi connectivity index (χ0) is 19.8. The van der Waals surface area contributed by atoms with E-state index in [1.54, 1.807) is 24.3 Å². The van der Waals surface area contributed by atoms with Gasteiger partial charge in [0.05, 0.1) is 10.5 Å². The molecule has 5 rings (SSSR count). The van der Waals surface area contributed by atoms with Crippen molar-refractivity contribution < 1.29 is 14.3 Å². The van der Waals surface area contributed by atoms with Crippen molar-refractivity contribution in [3.8, 4) is 22.6 Å². The molecule has 2 heterocycles. The van der Waals surface area contributed by atoms with Crippen molar-refractivity contribution in [2.45, 2.75) is 0 Å². The molecule has 29 heavy (non-hydrogen) atoms. The van der Waals surface area contributed by atoms with Crippen LogP contribution in [-0.4, -0.2) is 23.0 Å². The fourth-order valence-corrected chi connectivity index (χ4v) is 3.49. The molecule has 1 aromatic heterocycles. The average Bonchev–Trinajstić information content (AvgIpc) is 3.34. The van der Waals surface area contributed by atoms with Crippen LogP contribution >= 0.6 is 11.6 Å². The normalized spacial score (nSPS) is 12.2. The fourth-order valence-electron chi connectivity index (χ4n) is 3.22. The topological polar surface area (TPSA) is 88.3 Å². The highest BCUT2D eigenvalue weighted by Gasteiger charge is 2.16. The van der Waals surface area contributed by atoms with Crippen molar-refractivity contribution in [2.75, 3.05) is 17.4 Å². The Bertz CT molecular complexity index is 1220. The van der Waals surface area contributed by atoms with Crippen LogP contribution < -0.4 is 20.1 Å². The Balaban J connectivity index is 1.41. The summed E-state index contributed by atoms with van der Waals surface area (Å²) in [6.07, 6.45) is 0. The van der Waals surface area contributed by atoms with E-state index >= 15 is 0 Å². The lowest BCUT2D eigenvalue weighted by atomic mass is 10.0. The van der Waals surface area contributed by atoms with Gasteiger partial charge in [0.15, 0.2) is 17.3 Å². The summed E-state index contributed by atoms with van der Waals surface area (Å²) in [4.78, 5) is 12.5. The van der Waals surface area contributed by atoms with Crippen LogP contribution in [0.3, 0.4) is 0 Å². The number of nitrogens with zero attached hydrogens (tertiary/aromatic N) is 1. The molecular formula is C21H15ClN4O3. The number of hydrogen-bond donors (Lipinski definition) is 3. The lowest BCUT2D eigenvalue weighted by Gasteiger charge is -2.08. The molecule has 1 aliphatic rings. The van der Waals surface area contributed by atoms with Gasteiger partial charge in [-0.05, 0) is 29.8 Å². The van der Waals surface area contributed by atoms with Gasteiger partial charge in [-0.15, -0.1) is 0 Å². The molecule has 1 aliphatic heterocycles. The quantitative estimate of drug-likeness (QED) is 0.433. The Morgan fingerprint density at radius 3 is 2.69 bits per heavy atom. The van der Waals surface area contributed by atoms with Gasteiger partial charge in [-0.1, -0.05) is 41.9 Å². The molecule has 7 nitrogen and oxygen atoms in total. The number of carbonyl (C=O) groups is 1.